The minimum atomic E-state index is 0.474. The molecule has 3 heteroatoms. The highest BCUT2D eigenvalue weighted by Gasteiger charge is 2.12. The topological polar surface area (TPSA) is 50.9 Å². The molecule has 0 atom stereocenters. The van der Waals surface area contributed by atoms with Gasteiger partial charge in [-0.15, -0.1) is 0 Å². The van der Waals surface area contributed by atoms with Crippen molar-refractivity contribution in [1.82, 2.24) is 10.3 Å². The maximum atomic E-state index is 5.45. The minimum Gasteiger partial charge on any atom is -0.329 e. The lowest BCUT2D eigenvalue weighted by Gasteiger charge is -2.16. The number of pyridine rings is 1. The lowest BCUT2D eigenvalue weighted by Crippen LogP contribution is -2.22. The lowest BCUT2D eigenvalue weighted by atomic mass is 9.95. The van der Waals surface area contributed by atoms with Crippen molar-refractivity contribution in [2.45, 2.75) is 46.1 Å². The van der Waals surface area contributed by atoms with Crippen molar-refractivity contribution in [2.75, 3.05) is 13.1 Å². The van der Waals surface area contributed by atoms with E-state index in [1.807, 2.05) is 0 Å². The molecule has 0 aliphatic rings. The highest BCUT2D eigenvalue weighted by molar-refractivity contribution is 5.28. The zero-order chi connectivity index (χ0) is 12.8. The van der Waals surface area contributed by atoms with Crippen LogP contribution in [0.25, 0.3) is 0 Å². The smallest absolute Gasteiger partial charge is 0.0545 e. The minimum absolute atomic E-state index is 0.474. The summed E-state index contributed by atoms with van der Waals surface area (Å²) < 4.78 is 0. The Labute approximate surface area is 105 Å². The van der Waals surface area contributed by atoms with Crippen LogP contribution in [0.4, 0.5) is 0 Å². The average Bonchev–Trinajstić information content (AvgIpc) is 2.29. The van der Waals surface area contributed by atoms with E-state index < -0.39 is 0 Å². The van der Waals surface area contributed by atoms with Gasteiger partial charge in [-0.25, -0.2) is 0 Å². The predicted octanol–water partition coefficient (Wildman–Crippen LogP) is 2.38. The fourth-order valence-corrected chi connectivity index (χ4v) is 1.90. The molecule has 0 fully saturated rings. The fourth-order valence-electron chi connectivity index (χ4n) is 1.90. The van der Waals surface area contributed by atoms with Gasteiger partial charge in [0.2, 0.25) is 0 Å². The van der Waals surface area contributed by atoms with Crippen LogP contribution < -0.4 is 11.1 Å². The summed E-state index contributed by atoms with van der Waals surface area (Å²) in [4.78, 5) is 4.76. The zero-order valence-corrected chi connectivity index (χ0v) is 11.5. The molecule has 96 valence electrons. The molecule has 1 aromatic heterocycles. The van der Waals surface area contributed by atoms with Gasteiger partial charge in [0, 0.05) is 25.3 Å². The Morgan fingerprint density at radius 1 is 1.18 bits per heavy atom. The molecule has 3 N–H and O–H groups in total. The maximum Gasteiger partial charge on any atom is 0.0545 e. The van der Waals surface area contributed by atoms with Gasteiger partial charge in [-0.05, 0) is 23.5 Å². The van der Waals surface area contributed by atoms with E-state index >= 15 is 0 Å². The van der Waals surface area contributed by atoms with Crippen LogP contribution in [-0.4, -0.2) is 18.1 Å². The summed E-state index contributed by atoms with van der Waals surface area (Å²) in [5.41, 5.74) is 9.15. The zero-order valence-electron chi connectivity index (χ0n) is 11.5. The number of aromatic nitrogens is 1. The van der Waals surface area contributed by atoms with Gasteiger partial charge in [0.1, 0.15) is 0 Å². The largest absolute Gasteiger partial charge is 0.329 e. The number of rotatable bonds is 6. The quantitative estimate of drug-likeness (QED) is 0.744. The fraction of sp³-hybridized carbons (Fsp3) is 0.643. The molecule has 0 saturated carbocycles. The first-order valence-corrected chi connectivity index (χ1v) is 6.46. The molecule has 0 spiro atoms. The standard InChI is InChI=1S/C14H25N3/c1-10(2)13-6-5-12(9-16-8-7-15)17-14(13)11(3)4/h5-6,10-11,16H,7-9,15H2,1-4H3. The van der Waals surface area contributed by atoms with Crippen molar-refractivity contribution >= 4 is 0 Å². The number of nitrogens with two attached hydrogens (primary N) is 1. The van der Waals surface area contributed by atoms with E-state index in [0.717, 1.165) is 18.8 Å². The number of hydrogen-bond donors (Lipinski definition) is 2. The highest BCUT2D eigenvalue weighted by atomic mass is 14.9. The molecule has 1 heterocycles. The Hall–Kier alpha value is -0.930. The molecule has 1 rings (SSSR count). The normalized spacial score (nSPS) is 11.5. The van der Waals surface area contributed by atoms with E-state index in [1.54, 1.807) is 0 Å². The molecular formula is C14H25N3. The number of nitrogens with one attached hydrogen (secondary N) is 1. The molecule has 0 saturated heterocycles. The Balaban J connectivity index is 2.86. The van der Waals surface area contributed by atoms with Crippen LogP contribution in [0.3, 0.4) is 0 Å². The van der Waals surface area contributed by atoms with E-state index in [9.17, 15) is 0 Å². The van der Waals surface area contributed by atoms with E-state index in [0.29, 0.717) is 18.4 Å². The Morgan fingerprint density at radius 2 is 1.88 bits per heavy atom. The molecule has 0 amide bonds. The van der Waals surface area contributed by atoms with Gasteiger partial charge in [0.15, 0.2) is 0 Å². The van der Waals surface area contributed by atoms with Crippen molar-refractivity contribution < 1.29 is 0 Å². The van der Waals surface area contributed by atoms with Gasteiger partial charge >= 0.3 is 0 Å². The molecule has 3 nitrogen and oxygen atoms in total. The molecule has 0 radical (unpaired) electrons. The number of hydrogen-bond acceptors (Lipinski definition) is 3. The SMILES string of the molecule is CC(C)c1ccc(CNCCN)nc1C(C)C. The van der Waals surface area contributed by atoms with Crippen molar-refractivity contribution in [3.8, 4) is 0 Å². The van der Waals surface area contributed by atoms with Crippen LogP contribution >= 0.6 is 0 Å². The Bertz CT molecular complexity index is 345. The first-order chi connectivity index (χ1) is 8.06. The predicted molar refractivity (Wildman–Crippen MR) is 73.2 cm³/mol. The average molecular weight is 235 g/mol. The third kappa shape index (κ3) is 4.10. The monoisotopic (exact) mass is 235 g/mol. The second-order valence-corrected chi connectivity index (χ2v) is 5.05. The number of nitrogens with zero attached hydrogens (tertiary/aromatic N) is 1. The summed E-state index contributed by atoms with van der Waals surface area (Å²) >= 11 is 0. The highest BCUT2D eigenvalue weighted by Crippen LogP contribution is 2.24. The summed E-state index contributed by atoms with van der Waals surface area (Å²) in [6.45, 7) is 11.1. The maximum absolute atomic E-state index is 5.45. The van der Waals surface area contributed by atoms with Crippen molar-refractivity contribution in [2.24, 2.45) is 5.73 Å². The van der Waals surface area contributed by atoms with Gasteiger partial charge in [-0.2, -0.15) is 0 Å². The third-order valence-corrected chi connectivity index (χ3v) is 2.81. The van der Waals surface area contributed by atoms with Crippen molar-refractivity contribution in [3.05, 3.63) is 29.1 Å². The van der Waals surface area contributed by atoms with Crippen LogP contribution in [-0.2, 0) is 6.54 Å². The molecule has 1 aromatic rings. The van der Waals surface area contributed by atoms with E-state index in [4.69, 9.17) is 10.7 Å². The van der Waals surface area contributed by atoms with Crippen LogP contribution in [0, 0.1) is 0 Å². The molecule has 0 bridgehead atoms. The lowest BCUT2D eigenvalue weighted by molar-refractivity contribution is 0.668. The van der Waals surface area contributed by atoms with Gasteiger partial charge in [0.25, 0.3) is 0 Å². The van der Waals surface area contributed by atoms with Crippen molar-refractivity contribution in [3.63, 3.8) is 0 Å². The van der Waals surface area contributed by atoms with E-state index in [2.05, 4.69) is 45.1 Å². The van der Waals surface area contributed by atoms with Crippen LogP contribution in [0.1, 0.15) is 56.5 Å². The second kappa shape index (κ2) is 6.72. The summed E-state index contributed by atoms with van der Waals surface area (Å²) in [5.74, 6) is 1.01. The first kappa shape index (κ1) is 14.1. The summed E-state index contributed by atoms with van der Waals surface area (Å²) in [5, 5.41) is 3.28. The van der Waals surface area contributed by atoms with Gasteiger partial charge in [-0.1, -0.05) is 33.8 Å². The van der Waals surface area contributed by atoms with Crippen LogP contribution in [0.2, 0.25) is 0 Å². The second-order valence-electron chi connectivity index (χ2n) is 5.05. The third-order valence-electron chi connectivity index (χ3n) is 2.81. The summed E-state index contributed by atoms with van der Waals surface area (Å²) in [7, 11) is 0. The first-order valence-electron chi connectivity index (χ1n) is 6.46. The van der Waals surface area contributed by atoms with Crippen LogP contribution in [0.5, 0.6) is 0 Å². The summed E-state index contributed by atoms with van der Waals surface area (Å²) in [6, 6.07) is 4.33. The Kier molecular flexibility index (Phi) is 5.59. The molecule has 0 aromatic carbocycles. The molecular weight excluding hydrogens is 210 g/mol. The van der Waals surface area contributed by atoms with Gasteiger partial charge < -0.3 is 11.1 Å². The Morgan fingerprint density at radius 3 is 2.41 bits per heavy atom. The van der Waals surface area contributed by atoms with Crippen molar-refractivity contribution in [1.29, 1.82) is 0 Å². The molecule has 0 aliphatic carbocycles. The summed E-state index contributed by atoms with van der Waals surface area (Å²) in [6.07, 6.45) is 0. The van der Waals surface area contributed by atoms with Gasteiger partial charge in [0.05, 0.1) is 5.69 Å². The molecule has 17 heavy (non-hydrogen) atoms. The molecule has 0 aliphatic heterocycles. The van der Waals surface area contributed by atoms with E-state index in [1.165, 1.54) is 11.3 Å². The van der Waals surface area contributed by atoms with Gasteiger partial charge in [-0.3, -0.25) is 4.98 Å². The molecule has 0 unspecified atom stereocenters. The van der Waals surface area contributed by atoms with Crippen LogP contribution in [0.15, 0.2) is 12.1 Å². The van der Waals surface area contributed by atoms with E-state index in [-0.39, 0.29) is 0 Å².